The maximum atomic E-state index is 13.3. The highest BCUT2D eigenvalue weighted by Crippen LogP contribution is 2.49. The molecule has 30 heavy (non-hydrogen) atoms. The summed E-state index contributed by atoms with van der Waals surface area (Å²) in [6.45, 7) is 3.98. The van der Waals surface area contributed by atoms with Crippen molar-refractivity contribution in [2.24, 2.45) is 5.41 Å². The van der Waals surface area contributed by atoms with E-state index < -0.39 is 5.97 Å². The fraction of sp³-hybridized carbons (Fsp3) is 0.304. The van der Waals surface area contributed by atoms with Crippen LogP contribution in [0.5, 0.6) is 0 Å². The molecular formula is C23H21ClN2O4. The highest BCUT2D eigenvalue weighted by molar-refractivity contribution is 6.34. The van der Waals surface area contributed by atoms with Crippen molar-refractivity contribution < 1.29 is 19.5 Å². The molecule has 0 fully saturated rings. The number of carboxylic acid groups (broad SMARTS) is 1. The van der Waals surface area contributed by atoms with Crippen molar-refractivity contribution >= 4 is 34.9 Å². The van der Waals surface area contributed by atoms with Gasteiger partial charge in [0.2, 0.25) is 5.91 Å². The molecule has 1 N–H and O–H groups in total. The zero-order chi connectivity index (χ0) is 21.6. The summed E-state index contributed by atoms with van der Waals surface area (Å²) in [5.41, 5.74) is 2.08. The molecule has 0 saturated carbocycles. The second kappa shape index (κ2) is 7.36. The van der Waals surface area contributed by atoms with Gasteiger partial charge in [-0.15, -0.1) is 0 Å². The number of pyridine rings is 1. The summed E-state index contributed by atoms with van der Waals surface area (Å²) in [6.07, 6.45) is 4.30. The number of Topliss-reactive ketones (excluding diaryl/α,β-unsaturated/α-hetero) is 1. The summed E-state index contributed by atoms with van der Waals surface area (Å²) in [4.78, 5) is 43.6. The molecule has 7 heteroatoms. The van der Waals surface area contributed by atoms with E-state index in [0.717, 1.165) is 5.56 Å². The molecule has 0 radical (unpaired) electrons. The molecule has 154 valence electrons. The fourth-order valence-electron chi connectivity index (χ4n) is 4.39. The largest absolute Gasteiger partial charge is 0.478 e. The highest BCUT2D eigenvalue weighted by atomic mass is 35.5. The predicted molar refractivity (Wildman–Crippen MR) is 113 cm³/mol. The number of aromatic carboxylic acids is 1. The number of carboxylic acids is 1. The maximum absolute atomic E-state index is 13.3. The Hall–Kier alpha value is -2.99. The number of allylic oxidation sites excluding steroid dienone is 2. The first-order valence-corrected chi connectivity index (χ1v) is 10.1. The minimum absolute atomic E-state index is 0.00562. The minimum atomic E-state index is -1.11. The van der Waals surface area contributed by atoms with E-state index in [9.17, 15) is 19.5 Å². The van der Waals surface area contributed by atoms with Crippen LogP contribution in [0.3, 0.4) is 0 Å². The first-order valence-electron chi connectivity index (χ1n) is 9.70. The van der Waals surface area contributed by atoms with E-state index in [1.807, 2.05) is 26.0 Å². The molecule has 4 rings (SSSR count). The topological polar surface area (TPSA) is 87.6 Å². The smallest absolute Gasteiger partial charge is 0.335 e. The van der Waals surface area contributed by atoms with Gasteiger partial charge in [0.15, 0.2) is 5.78 Å². The number of amides is 1. The van der Waals surface area contributed by atoms with E-state index in [1.54, 1.807) is 12.4 Å². The Kier molecular flexibility index (Phi) is 4.98. The van der Waals surface area contributed by atoms with E-state index in [1.165, 1.54) is 23.1 Å². The Labute approximate surface area is 179 Å². The molecule has 6 nitrogen and oxygen atoms in total. The van der Waals surface area contributed by atoms with Crippen molar-refractivity contribution in [2.75, 3.05) is 4.90 Å². The number of benzene rings is 1. The Morgan fingerprint density at radius 3 is 2.53 bits per heavy atom. The van der Waals surface area contributed by atoms with Crippen molar-refractivity contribution in [1.82, 2.24) is 4.98 Å². The van der Waals surface area contributed by atoms with E-state index >= 15 is 0 Å². The van der Waals surface area contributed by atoms with Gasteiger partial charge in [-0.2, -0.15) is 0 Å². The summed E-state index contributed by atoms with van der Waals surface area (Å²) in [7, 11) is 0. The molecule has 1 aromatic carbocycles. The third-order valence-corrected chi connectivity index (χ3v) is 6.01. The molecule has 1 aliphatic heterocycles. The van der Waals surface area contributed by atoms with Crippen LogP contribution < -0.4 is 4.90 Å². The lowest BCUT2D eigenvalue weighted by Crippen LogP contribution is -2.44. The van der Waals surface area contributed by atoms with E-state index in [-0.39, 0.29) is 40.0 Å². The molecule has 0 bridgehead atoms. The van der Waals surface area contributed by atoms with Crippen LogP contribution in [0.15, 0.2) is 54.0 Å². The van der Waals surface area contributed by atoms with E-state index in [4.69, 9.17) is 11.6 Å². The quantitative estimate of drug-likeness (QED) is 0.778. The Bertz CT molecular complexity index is 1090. The fourth-order valence-corrected chi connectivity index (χ4v) is 4.59. The Morgan fingerprint density at radius 2 is 1.87 bits per heavy atom. The van der Waals surface area contributed by atoms with Gasteiger partial charge in [-0.05, 0) is 47.7 Å². The first kappa shape index (κ1) is 20.3. The maximum Gasteiger partial charge on any atom is 0.335 e. The number of aromatic nitrogens is 1. The minimum Gasteiger partial charge on any atom is -0.478 e. The van der Waals surface area contributed by atoms with Crippen LogP contribution in [-0.4, -0.2) is 27.8 Å². The van der Waals surface area contributed by atoms with Gasteiger partial charge in [0.05, 0.1) is 16.3 Å². The van der Waals surface area contributed by atoms with Crippen molar-refractivity contribution in [2.45, 2.75) is 39.0 Å². The zero-order valence-corrected chi connectivity index (χ0v) is 17.4. The summed E-state index contributed by atoms with van der Waals surface area (Å²) >= 11 is 6.39. The summed E-state index contributed by atoms with van der Waals surface area (Å²) in [5, 5.41) is 9.66. The van der Waals surface area contributed by atoms with Crippen molar-refractivity contribution in [1.29, 1.82) is 0 Å². The number of carbonyl (C=O) groups is 3. The van der Waals surface area contributed by atoms with Crippen molar-refractivity contribution in [3.63, 3.8) is 0 Å². The van der Waals surface area contributed by atoms with Crippen LogP contribution in [0.4, 0.5) is 5.69 Å². The van der Waals surface area contributed by atoms with Gasteiger partial charge in [-0.3, -0.25) is 19.5 Å². The predicted octanol–water partition coefficient (Wildman–Crippen LogP) is 4.60. The third-order valence-electron chi connectivity index (χ3n) is 5.69. The van der Waals surface area contributed by atoms with Gasteiger partial charge in [-0.25, -0.2) is 4.79 Å². The van der Waals surface area contributed by atoms with Gasteiger partial charge in [0.1, 0.15) is 0 Å². The molecule has 0 spiro atoms. The summed E-state index contributed by atoms with van der Waals surface area (Å²) in [6, 6.07) is 7.91. The van der Waals surface area contributed by atoms with Crippen LogP contribution in [0.2, 0.25) is 5.02 Å². The number of nitrogens with zero attached hydrogens (tertiary/aromatic N) is 2. The van der Waals surface area contributed by atoms with Crippen LogP contribution in [-0.2, 0) is 9.59 Å². The van der Waals surface area contributed by atoms with Gasteiger partial charge >= 0.3 is 5.97 Å². The van der Waals surface area contributed by atoms with E-state index in [0.29, 0.717) is 29.8 Å². The number of carbonyl (C=O) groups excluding carboxylic acids is 2. The molecule has 2 aromatic rings. The summed E-state index contributed by atoms with van der Waals surface area (Å²) in [5.74, 6) is -1.67. The average Bonchev–Trinajstić information content (AvgIpc) is 2.67. The number of hydrogen-bond acceptors (Lipinski definition) is 4. The van der Waals surface area contributed by atoms with Gasteiger partial charge in [0.25, 0.3) is 0 Å². The first-order chi connectivity index (χ1) is 14.2. The van der Waals surface area contributed by atoms with Gasteiger partial charge < -0.3 is 5.11 Å². The molecular weight excluding hydrogens is 404 g/mol. The van der Waals surface area contributed by atoms with Crippen molar-refractivity contribution in [3.05, 3.63) is 70.1 Å². The third kappa shape index (κ3) is 3.52. The monoisotopic (exact) mass is 424 g/mol. The van der Waals surface area contributed by atoms with Crippen LogP contribution in [0, 0.1) is 5.41 Å². The molecule has 2 aliphatic rings. The number of halogens is 1. The molecule has 1 amide bonds. The second-order valence-corrected chi connectivity index (χ2v) is 8.95. The molecule has 0 saturated heterocycles. The molecule has 2 heterocycles. The Balaban J connectivity index is 1.94. The second-order valence-electron chi connectivity index (χ2n) is 8.54. The Morgan fingerprint density at radius 1 is 1.17 bits per heavy atom. The summed E-state index contributed by atoms with van der Waals surface area (Å²) < 4.78 is 0. The van der Waals surface area contributed by atoms with Gasteiger partial charge in [0, 0.05) is 42.4 Å². The van der Waals surface area contributed by atoms with Crippen LogP contribution >= 0.6 is 11.6 Å². The lowest BCUT2D eigenvalue weighted by molar-refractivity contribution is -0.121. The van der Waals surface area contributed by atoms with Crippen LogP contribution in [0.25, 0.3) is 0 Å². The highest BCUT2D eigenvalue weighted by Gasteiger charge is 2.44. The zero-order valence-electron chi connectivity index (χ0n) is 16.7. The number of anilines is 1. The molecule has 1 aliphatic carbocycles. The SMILES string of the molecule is CC1(C)CC(=O)C2=C(C1)N(c1cc(C(=O)O)ccc1Cl)C(=O)CC2c1ccncc1. The molecule has 1 atom stereocenters. The lowest BCUT2D eigenvalue weighted by Gasteiger charge is -2.43. The number of rotatable bonds is 3. The number of hydrogen-bond donors (Lipinski definition) is 1. The number of ketones is 1. The van der Waals surface area contributed by atoms with Gasteiger partial charge in [-0.1, -0.05) is 25.4 Å². The molecule has 1 aromatic heterocycles. The van der Waals surface area contributed by atoms with Crippen LogP contribution in [0.1, 0.15) is 54.9 Å². The standard InChI is InChI=1S/C23H21ClN2O4/c1-23(2)11-18-21(19(27)12-23)15(13-5-7-25-8-6-13)10-20(28)26(18)17-9-14(22(29)30)3-4-16(17)24/h3-9,15H,10-12H2,1-2H3,(H,29,30). The average molecular weight is 425 g/mol. The van der Waals surface area contributed by atoms with Crippen molar-refractivity contribution in [3.8, 4) is 0 Å². The van der Waals surface area contributed by atoms with E-state index in [2.05, 4.69) is 4.98 Å². The normalized spacial score (nSPS) is 20.9. The lowest BCUT2D eigenvalue weighted by atomic mass is 9.69. The molecule has 1 unspecified atom stereocenters.